The molecule has 0 bridgehead atoms. The van der Waals surface area contributed by atoms with Gasteiger partial charge in [-0.2, -0.15) is 0 Å². The Morgan fingerprint density at radius 3 is 2.69 bits per heavy atom. The Morgan fingerprint density at radius 2 is 2.00 bits per heavy atom. The molecule has 4 rings (SSSR count). The number of allylic oxidation sites excluding steroid dienone is 1. The van der Waals surface area contributed by atoms with Crippen molar-refractivity contribution in [2.45, 2.75) is 38.2 Å². The molecule has 164 valence electrons. The fourth-order valence-electron chi connectivity index (χ4n) is 3.32. The molecule has 0 aliphatic rings. The van der Waals surface area contributed by atoms with E-state index < -0.39 is 0 Å². The smallest absolute Gasteiger partial charge is 0.263 e. The van der Waals surface area contributed by atoms with Gasteiger partial charge in [-0.15, -0.1) is 29.3 Å². The number of benzene rings is 1. The van der Waals surface area contributed by atoms with Gasteiger partial charge in [-0.05, 0) is 31.5 Å². The second kappa shape index (κ2) is 9.40. The molecule has 0 aliphatic heterocycles. The molecule has 6 nitrogen and oxygen atoms in total. The SMILES string of the molecule is C=CCn1c(SCc2csc(N(C(C)=O)c3ccccc3)n2)nc2sc(C)c(C)c2c1=O. The second-order valence-electron chi connectivity index (χ2n) is 7.16. The fourth-order valence-corrected chi connectivity index (χ4v) is 6.28. The monoisotopic (exact) mass is 482 g/mol. The van der Waals surface area contributed by atoms with Crippen LogP contribution in [0.2, 0.25) is 0 Å². The Labute approximate surface area is 198 Å². The van der Waals surface area contributed by atoms with Crippen LogP contribution in [0.15, 0.2) is 58.3 Å². The standard InChI is InChI=1S/C23H22N4O2S3/c1-5-11-26-21(29)19-14(2)15(3)32-20(19)25-22(26)30-12-17-13-31-23(24-17)27(16(4)28)18-9-7-6-8-10-18/h5-10,13H,1,11-12H2,2-4H3. The summed E-state index contributed by atoms with van der Waals surface area (Å²) in [4.78, 5) is 38.3. The molecule has 0 saturated heterocycles. The van der Waals surface area contributed by atoms with E-state index in [0.717, 1.165) is 26.7 Å². The van der Waals surface area contributed by atoms with E-state index in [1.165, 1.54) is 30.0 Å². The van der Waals surface area contributed by atoms with Crippen molar-refractivity contribution >= 4 is 61.4 Å². The molecule has 3 aromatic heterocycles. The number of para-hydroxylation sites is 1. The van der Waals surface area contributed by atoms with Crippen molar-refractivity contribution < 1.29 is 4.79 Å². The molecule has 4 aromatic rings. The van der Waals surface area contributed by atoms with Gasteiger partial charge in [0.1, 0.15) is 4.83 Å². The minimum atomic E-state index is -0.0971. The second-order valence-corrected chi connectivity index (χ2v) is 10.1. The van der Waals surface area contributed by atoms with Crippen LogP contribution in [0.3, 0.4) is 0 Å². The maximum absolute atomic E-state index is 13.1. The third kappa shape index (κ3) is 4.28. The highest BCUT2D eigenvalue weighted by Gasteiger charge is 2.19. The minimum Gasteiger partial charge on any atom is -0.283 e. The zero-order chi connectivity index (χ0) is 22.8. The van der Waals surface area contributed by atoms with E-state index >= 15 is 0 Å². The molecule has 3 heterocycles. The molecule has 0 spiro atoms. The van der Waals surface area contributed by atoms with E-state index in [9.17, 15) is 9.59 Å². The van der Waals surface area contributed by atoms with Crippen LogP contribution in [0, 0.1) is 13.8 Å². The zero-order valence-electron chi connectivity index (χ0n) is 18.0. The van der Waals surface area contributed by atoms with E-state index in [0.29, 0.717) is 28.0 Å². The number of anilines is 2. The van der Waals surface area contributed by atoms with E-state index in [1.54, 1.807) is 26.9 Å². The Morgan fingerprint density at radius 1 is 1.25 bits per heavy atom. The van der Waals surface area contributed by atoms with Gasteiger partial charge in [-0.25, -0.2) is 9.97 Å². The number of amides is 1. The molecular weight excluding hydrogens is 460 g/mol. The quantitative estimate of drug-likeness (QED) is 0.192. The number of aryl methyl sites for hydroxylation is 2. The van der Waals surface area contributed by atoms with Crippen molar-refractivity contribution in [2.24, 2.45) is 0 Å². The Kier molecular flexibility index (Phi) is 6.59. The molecule has 1 aromatic carbocycles. The number of thioether (sulfide) groups is 1. The molecule has 0 aliphatic carbocycles. The van der Waals surface area contributed by atoms with Crippen molar-refractivity contribution in [3.63, 3.8) is 0 Å². The lowest BCUT2D eigenvalue weighted by Crippen LogP contribution is -2.23. The van der Waals surface area contributed by atoms with Crippen molar-refractivity contribution in [3.8, 4) is 0 Å². The lowest BCUT2D eigenvalue weighted by Gasteiger charge is -2.17. The van der Waals surface area contributed by atoms with E-state index in [-0.39, 0.29) is 11.5 Å². The minimum absolute atomic E-state index is 0.0370. The maximum Gasteiger partial charge on any atom is 0.263 e. The molecule has 32 heavy (non-hydrogen) atoms. The number of hydrogen-bond donors (Lipinski definition) is 0. The summed E-state index contributed by atoms with van der Waals surface area (Å²) in [6.45, 7) is 9.69. The van der Waals surface area contributed by atoms with Gasteiger partial charge in [0.15, 0.2) is 10.3 Å². The number of carbonyl (C=O) groups excluding carboxylic acids is 1. The highest BCUT2D eigenvalue weighted by Crippen LogP contribution is 2.32. The molecule has 0 N–H and O–H groups in total. The molecule has 0 unspecified atom stereocenters. The lowest BCUT2D eigenvalue weighted by atomic mass is 10.2. The summed E-state index contributed by atoms with van der Waals surface area (Å²) in [5, 5.41) is 3.89. The number of nitrogens with zero attached hydrogens (tertiary/aromatic N) is 4. The highest BCUT2D eigenvalue weighted by molar-refractivity contribution is 7.98. The zero-order valence-corrected chi connectivity index (χ0v) is 20.4. The Hall–Kier alpha value is -2.75. The predicted octanol–water partition coefficient (Wildman–Crippen LogP) is 5.69. The van der Waals surface area contributed by atoms with E-state index in [1.807, 2.05) is 49.6 Å². The number of rotatable bonds is 7. The van der Waals surface area contributed by atoms with Crippen molar-refractivity contribution in [3.05, 3.63) is 74.9 Å². The summed E-state index contributed by atoms with van der Waals surface area (Å²) in [5.74, 6) is 0.440. The van der Waals surface area contributed by atoms with Crippen LogP contribution < -0.4 is 10.5 Å². The van der Waals surface area contributed by atoms with Gasteiger partial charge >= 0.3 is 0 Å². The van der Waals surface area contributed by atoms with Gasteiger partial charge in [-0.1, -0.05) is 36.0 Å². The van der Waals surface area contributed by atoms with Crippen molar-refractivity contribution in [1.82, 2.24) is 14.5 Å². The van der Waals surface area contributed by atoms with Crippen molar-refractivity contribution in [2.75, 3.05) is 4.90 Å². The van der Waals surface area contributed by atoms with Crippen LogP contribution in [-0.2, 0) is 17.1 Å². The fraction of sp³-hybridized carbons (Fsp3) is 0.217. The number of thiophene rings is 1. The summed E-state index contributed by atoms with van der Waals surface area (Å²) in [7, 11) is 0. The first-order valence-electron chi connectivity index (χ1n) is 9.95. The largest absolute Gasteiger partial charge is 0.283 e. The number of carbonyl (C=O) groups is 1. The van der Waals surface area contributed by atoms with Crippen LogP contribution in [0.5, 0.6) is 0 Å². The summed E-state index contributed by atoms with van der Waals surface area (Å²) in [6, 6.07) is 9.47. The molecule has 0 atom stereocenters. The topological polar surface area (TPSA) is 68.1 Å². The third-order valence-corrected chi connectivity index (χ3v) is 7.96. The lowest BCUT2D eigenvalue weighted by molar-refractivity contribution is -0.115. The average Bonchev–Trinajstić information content (AvgIpc) is 3.34. The first-order chi connectivity index (χ1) is 15.4. The van der Waals surface area contributed by atoms with Gasteiger partial charge in [0.2, 0.25) is 5.91 Å². The Bertz CT molecular complexity index is 1360. The first kappa shape index (κ1) is 22.4. The van der Waals surface area contributed by atoms with Crippen LogP contribution in [0.4, 0.5) is 10.8 Å². The van der Waals surface area contributed by atoms with Gasteiger partial charge in [0, 0.05) is 29.5 Å². The number of aromatic nitrogens is 3. The van der Waals surface area contributed by atoms with E-state index in [2.05, 4.69) is 11.6 Å². The van der Waals surface area contributed by atoms with Gasteiger partial charge in [0.05, 0.1) is 16.8 Å². The summed E-state index contributed by atoms with van der Waals surface area (Å²) >= 11 is 4.43. The number of hydrogen-bond acceptors (Lipinski definition) is 7. The van der Waals surface area contributed by atoms with E-state index in [4.69, 9.17) is 4.98 Å². The highest BCUT2D eigenvalue weighted by atomic mass is 32.2. The Balaban J connectivity index is 1.63. The van der Waals surface area contributed by atoms with Gasteiger partial charge in [0.25, 0.3) is 5.56 Å². The first-order valence-corrected chi connectivity index (χ1v) is 12.6. The molecule has 1 amide bonds. The third-order valence-electron chi connectivity index (χ3n) is 4.97. The molecule has 9 heteroatoms. The molecule has 0 fully saturated rings. The van der Waals surface area contributed by atoms with Crippen LogP contribution >= 0.6 is 34.4 Å². The summed E-state index contributed by atoms with van der Waals surface area (Å²) < 4.78 is 1.66. The van der Waals surface area contributed by atoms with Gasteiger partial charge < -0.3 is 0 Å². The van der Waals surface area contributed by atoms with Crippen LogP contribution in [-0.4, -0.2) is 20.4 Å². The number of thiazole rings is 1. The molecule has 0 saturated carbocycles. The average molecular weight is 483 g/mol. The predicted molar refractivity (Wildman–Crippen MR) is 134 cm³/mol. The molecular formula is C23H22N4O2S3. The molecule has 0 radical (unpaired) electrons. The number of fused-ring (bicyclic) bond motifs is 1. The van der Waals surface area contributed by atoms with Crippen LogP contribution in [0.25, 0.3) is 10.2 Å². The van der Waals surface area contributed by atoms with Crippen molar-refractivity contribution in [1.29, 1.82) is 0 Å². The summed E-state index contributed by atoms with van der Waals surface area (Å²) in [5.41, 5.74) is 2.57. The summed E-state index contributed by atoms with van der Waals surface area (Å²) in [6.07, 6.45) is 1.71. The van der Waals surface area contributed by atoms with Crippen LogP contribution in [0.1, 0.15) is 23.1 Å². The normalized spacial score (nSPS) is 11.1. The maximum atomic E-state index is 13.1. The van der Waals surface area contributed by atoms with Gasteiger partial charge in [-0.3, -0.25) is 19.1 Å².